The second kappa shape index (κ2) is 6.00. The van der Waals surface area contributed by atoms with E-state index in [1.54, 1.807) is 18.2 Å². The summed E-state index contributed by atoms with van der Waals surface area (Å²) in [5.74, 6) is 0.705. The van der Waals surface area contributed by atoms with Crippen LogP contribution >= 0.6 is 0 Å². The second-order valence-corrected chi connectivity index (χ2v) is 5.74. The molecular formula is C13H12N2O6S. The molecule has 0 aromatic heterocycles. The van der Waals surface area contributed by atoms with E-state index in [0.29, 0.717) is 11.5 Å². The van der Waals surface area contributed by atoms with Gasteiger partial charge in [0, 0.05) is 18.2 Å². The van der Waals surface area contributed by atoms with Gasteiger partial charge in [-0.05, 0) is 18.2 Å². The number of benzene rings is 2. The standard InChI is InChI=1S/C13H12N2O6S/c1-20-10-3-2-4-11(8-10)21-12-6-5-9(15(16)17)7-13(12)22(14,18)19/h2-8H,1H3,(H2,14,18,19). The molecule has 0 bridgehead atoms. The Kier molecular flexibility index (Phi) is 4.29. The molecule has 0 aliphatic carbocycles. The zero-order valence-corrected chi connectivity index (χ0v) is 12.2. The molecule has 0 unspecified atom stereocenters. The second-order valence-electron chi connectivity index (χ2n) is 4.21. The molecule has 0 saturated carbocycles. The van der Waals surface area contributed by atoms with Crippen molar-refractivity contribution in [2.75, 3.05) is 7.11 Å². The monoisotopic (exact) mass is 324 g/mol. The van der Waals surface area contributed by atoms with E-state index in [4.69, 9.17) is 14.6 Å². The third-order valence-corrected chi connectivity index (χ3v) is 3.65. The lowest BCUT2D eigenvalue weighted by Gasteiger charge is -2.10. The number of ether oxygens (including phenoxy) is 2. The quantitative estimate of drug-likeness (QED) is 0.663. The fourth-order valence-electron chi connectivity index (χ4n) is 1.71. The Bertz CT molecular complexity index is 819. The maximum absolute atomic E-state index is 11.6. The number of non-ortho nitro benzene ring substituents is 1. The Labute approximate surface area is 126 Å². The summed E-state index contributed by atoms with van der Waals surface area (Å²) in [6, 6.07) is 9.61. The smallest absolute Gasteiger partial charge is 0.271 e. The number of nitro benzene ring substituents is 1. The van der Waals surface area contributed by atoms with Gasteiger partial charge >= 0.3 is 0 Å². The molecule has 2 N–H and O–H groups in total. The van der Waals surface area contributed by atoms with Gasteiger partial charge in [0.15, 0.2) is 0 Å². The summed E-state index contributed by atoms with van der Waals surface area (Å²) in [7, 11) is -2.71. The zero-order valence-electron chi connectivity index (χ0n) is 11.4. The maximum Gasteiger partial charge on any atom is 0.271 e. The Balaban J connectivity index is 2.48. The molecule has 8 nitrogen and oxygen atoms in total. The number of nitrogens with two attached hydrogens (primary N) is 1. The number of hydrogen-bond acceptors (Lipinski definition) is 6. The third kappa shape index (κ3) is 3.51. The molecule has 0 heterocycles. The van der Waals surface area contributed by atoms with Crippen molar-refractivity contribution in [1.29, 1.82) is 0 Å². The summed E-state index contributed by atoms with van der Waals surface area (Å²) in [5, 5.41) is 15.8. The zero-order chi connectivity index (χ0) is 16.3. The number of rotatable bonds is 5. The largest absolute Gasteiger partial charge is 0.497 e. The Morgan fingerprint density at radius 2 is 1.82 bits per heavy atom. The van der Waals surface area contributed by atoms with Crippen LogP contribution in [0, 0.1) is 10.1 Å². The minimum Gasteiger partial charge on any atom is -0.497 e. The summed E-state index contributed by atoms with van der Waals surface area (Å²) in [6.07, 6.45) is 0. The first-order valence-corrected chi connectivity index (χ1v) is 7.49. The fourth-order valence-corrected chi connectivity index (χ4v) is 2.38. The molecule has 0 aliphatic rings. The average Bonchev–Trinajstić information content (AvgIpc) is 2.46. The van der Waals surface area contributed by atoms with Gasteiger partial charge in [0.25, 0.3) is 5.69 Å². The summed E-state index contributed by atoms with van der Waals surface area (Å²) in [4.78, 5) is 9.56. The molecule has 0 fully saturated rings. The highest BCUT2D eigenvalue weighted by Gasteiger charge is 2.20. The predicted molar refractivity (Wildman–Crippen MR) is 77.5 cm³/mol. The SMILES string of the molecule is COc1cccc(Oc2ccc([N+](=O)[O-])cc2S(N)(=O)=O)c1. The molecule has 0 atom stereocenters. The third-order valence-electron chi connectivity index (χ3n) is 2.71. The lowest BCUT2D eigenvalue weighted by atomic mass is 10.3. The molecule has 9 heteroatoms. The van der Waals surface area contributed by atoms with Crippen LogP contribution in [-0.2, 0) is 10.0 Å². The summed E-state index contributed by atoms with van der Waals surface area (Å²) >= 11 is 0. The topological polar surface area (TPSA) is 122 Å². The molecule has 0 aliphatic heterocycles. The van der Waals surface area contributed by atoms with Gasteiger partial charge in [-0.15, -0.1) is 0 Å². The van der Waals surface area contributed by atoms with E-state index >= 15 is 0 Å². The average molecular weight is 324 g/mol. The van der Waals surface area contributed by atoms with Crippen molar-refractivity contribution in [3.63, 3.8) is 0 Å². The predicted octanol–water partition coefficient (Wildman–Crippen LogP) is 2.04. The molecular weight excluding hydrogens is 312 g/mol. The normalized spacial score (nSPS) is 11.0. The summed E-state index contributed by atoms with van der Waals surface area (Å²) in [6.45, 7) is 0. The molecule has 116 valence electrons. The first-order valence-electron chi connectivity index (χ1n) is 5.94. The van der Waals surface area contributed by atoms with Crippen LogP contribution in [0.1, 0.15) is 0 Å². The van der Waals surface area contributed by atoms with Crippen LogP contribution in [0.25, 0.3) is 0 Å². The highest BCUT2D eigenvalue weighted by atomic mass is 32.2. The molecule has 2 aromatic carbocycles. The van der Waals surface area contributed by atoms with Crippen molar-refractivity contribution >= 4 is 15.7 Å². The molecule has 0 amide bonds. The molecule has 0 saturated heterocycles. The van der Waals surface area contributed by atoms with Gasteiger partial charge in [-0.25, -0.2) is 13.6 Å². The van der Waals surface area contributed by atoms with Gasteiger partial charge in [0.2, 0.25) is 10.0 Å². The van der Waals surface area contributed by atoms with Gasteiger partial charge in [-0.1, -0.05) is 6.07 Å². The highest BCUT2D eigenvalue weighted by molar-refractivity contribution is 7.89. The molecule has 0 spiro atoms. The Morgan fingerprint density at radius 3 is 2.41 bits per heavy atom. The van der Waals surface area contributed by atoms with Crippen LogP contribution in [0.4, 0.5) is 5.69 Å². The minimum atomic E-state index is -4.19. The number of methoxy groups -OCH3 is 1. The highest BCUT2D eigenvalue weighted by Crippen LogP contribution is 2.32. The molecule has 2 rings (SSSR count). The van der Waals surface area contributed by atoms with Crippen molar-refractivity contribution in [3.05, 3.63) is 52.6 Å². The number of hydrogen-bond donors (Lipinski definition) is 1. The van der Waals surface area contributed by atoms with Crippen molar-refractivity contribution in [2.45, 2.75) is 4.90 Å². The van der Waals surface area contributed by atoms with Crippen LogP contribution in [0.3, 0.4) is 0 Å². The van der Waals surface area contributed by atoms with E-state index in [0.717, 1.165) is 12.1 Å². The van der Waals surface area contributed by atoms with Crippen molar-refractivity contribution < 1.29 is 22.8 Å². The van der Waals surface area contributed by atoms with Crippen LogP contribution < -0.4 is 14.6 Å². The fraction of sp³-hybridized carbons (Fsp3) is 0.0769. The summed E-state index contributed by atoms with van der Waals surface area (Å²) in [5.41, 5.74) is -0.401. The van der Waals surface area contributed by atoms with E-state index < -0.39 is 25.5 Å². The summed E-state index contributed by atoms with van der Waals surface area (Å²) < 4.78 is 33.7. The number of primary sulfonamides is 1. The van der Waals surface area contributed by atoms with E-state index in [1.165, 1.54) is 19.2 Å². The number of nitro groups is 1. The van der Waals surface area contributed by atoms with Gasteiger partial charge in [0.05, 0.1) is 12.0 Å². The van der Waals surface area contributed by atoms with E-state index in [2.05, 4.69) is 0 Å². The van der Waals surface area contributed by atoms with Crippen LogP contribution in [-0.4, -0.2) is 20.5 Å². The lowest BCUT2D eigenvalue weighted by molar-refractivity contribution is -0.385. The maximum atomic E-state index is 11.6. The van der Waals surface area contributed by atoms with Gasteiger partial charge in [0.1, 0.15) is 22.1 Å². The van der Waals surface area contributed by atoms with Crippen molar-refractivity contribution in [2.24, 2.45) is 5.14 Å². The van der Waals surface area contributed by atoms with E-state index in [9.17, 15) is 18.5 Å². The van der Waals surface area contributed by atoms with Crippen molar-refractivity contribution in [3.8, 4) is 17.2 Å². The first kappa shape index (κ1) is 15.7. The number of sulfonamides is 1. The van der Waals surface area contributed by atoms with E-state index in [-0.39, 0.29) is 5.75 Å². The molecule has 0 radical (unpaired) electrons. The Morgan fingerprint density at radius 1 is 1.14 bits per heavy atom. The van der Waals surface area contributed by atoms with Gasteiger partial charge < -0.3 is 9.47 Å². The lowest BCUT2D eigenvalue weighted by Crippen LogP contribution is -2.13. The van der Waals surface area contributed by atoms with Gasteiger partial charge in [-0.3, -0.25) is 10.1 Å². The first-order chi connectivity index (χ1) is 10.3. The van der Waals surface area contributed by atoms with Crippen molar-refractivity contribution in [1.82, 2.24) is 0 Å². The Hall–Kier alpha value is -2.65. The van der Waals surface area contributed by atoms with Crippen LogP contribution in [0.5, 0.6) is 17.2 Å². The molecule has 22 heavy (non-hydrogen) atoms. The molecule has 2 aromatic rings. The van der Waals surface area contributed by atoms with Crippen LogP contribution in [0.15, 0.2) is 47.4 Å². The van der Waals surface area contributed by atoms with E-state index in [1.807, 2.05) is 0 Å². The van der Waals surface area contributed by atoms with Crippen LogP contribution in [0.2, 0.25) is 0 Å². The number of nitrogens with zero attached hydrogens (tertiary/aromatic N) is 1. The minimum absolute atomic E-state index is 0.110. The van der Waals surface area contributed by atoms with Gasteiger partial charge in [-0.2, -0.15) is 0 Å².